The van der Waals surface area contributed by atoms with E-state index in [-0.39, 0.29) is 12.5 Å². The summed E-state index contributed by atoms with van der Waals surface area (Å²) in [6.45, 7) is 3.42. The van der Waals surface area contributed by atoms with Crippen LogP contribution in [0.3, 0.4) is 0 Å². The Morgan fingerprint density at radius 2 is 1.88 bits per heavy atom. The number of hydrogen-bond acceptors (Lipinski definition) is 4. The molecule has 5 nitrogen and oxygen atoms in total. The Balaban J connectivity index is 1.66. The van der Waals surface area contributed by atoms with Gasteiger partial charge in [0.25, 0.3) is 0 Å². The number of rotatable bonds is 3. The van der Waals surface area contributed by atoms with Crippen LogP contribution in [0, 0.1) is 23.0 Å². The van der Waals surface area contributed by atoms with Crippen LogP contribution in [-0.2, 0) is 11.3 Å². The average molecular weight is 348 g/mol. The maximum Gasteiger partial charge on any atom is 0.244 e. The summed E-state index contributed by atoms with van der Waals surface area (Å²) in [6, 6.07) is 6.03. The first-order chi connectivity index (χ1) is 12.0. The van der Waals surface area contributed by atoms with Gasteiger partial charge in [0.15, 0.2) is 11.6 Å². The molecule has 0 radical (unpaired) electrons. The van der Waals surface area contributed by atoms with Crippen LogP contribution in [0.2, 0.25) is 0 Å². The van der Waals surface area contributed by atoms with Crippen molar-refractivity contribution in [2.24, 2.45) is 0 Å². The molecular weight excluding hydrogens is 326 g/mol. The second kappa shape index (κ2) is 7.06. The number of likely N-dealkylation sites (tertiary alicyclic amines) is 1. The lowest BCUT2D eigenvalue weighted by atomic mass is 9.82. The van der Waals surface area contributed by atoms with Crippen molar-refractivity contribution in [3.8, 4) is 6.07 Å². The number of nitriles is 1. The van der Waals surface area contributed by atoms with E-state index in [2.05, 4.69) is 15.9 Å². The van der Waals surface area contributed by atoms with E-state index in [0.717, 1.165) is 18.2 Å². The summed E-state index contributed by atoms with van der Waals surface area (Å²) in [5, 5.41) is 8.91. The second-order valence-corrected chi connectivity index (χ2v) is 6.86. The highest BCUT2D eigenvalue weighted by molar-refractivity contribution is 5.87. The maximum atomic E-state index is 13.4. The topological polar surface area (TPSA) is 50.6 Å². The molecule has 134 valence electrons. The number of carbonyl (C=O) groups excluding carboxylic acids is 1. The summed E-state index contributed by atoms with van der Waals surface area (Å²) >= 11 is 0. The Labute approximate surface area is 146 Å². The molecule has 2 fully saturated rings. The molecule has 0 unspecified atom stereocenters. The molecule has 0 saturated carbocycles. The Kier molecular flexibility index (Phi) is 5.02. The van der Waals surface area contributed by atoms with Crippen LogP contribution in [0.15, 0.2) is 18.2 Å². The molecule has 2 aliphatic heterocycles. The SMILES string of the molecule is CN1CCN(CC#N)C(=O)C12CCN(Cc1ccc(F)c(F)c1)CC2. The molecule has 0 N–H and O–H groups in total. The zero-order chi connectivity index (χ0) is 18.0. The van der Waals surface area contributed by atoms with Gasteiger partial charge in [0.2, 0.25) is 5.91 Å². The van der Waals surface area contributed by atoms with Crippen molar-refractivity contribution in [1.82, 2.24) is 14.7 Å². The lowest BCUT2D eigenvalue weighted by Gasteiger charge is -2.51. The molecule has 3 rings (SSSR count). The first-order valence-corrected chi connectivity index (χ1v) is 8.50. The van der Waals surface area contributed by atoms with Gasteiger partial charge in [-0.3, -0.25) is 14.6 Å². The normalized spacial score (nSPS) is 21.5. The van der Waals surface area contributed by atoms with Gasteiger partial charge >= 0.3 is 0 Å². The highest BCUT2D eigenvalue weighted by Crippen LogP contribution is 2.33. The second-order valence-electron chi connectivity index (χ2n) is 6.86. The van der Waals surface area contributed by atoms with Crippen LogP contribution in [0.5, 0.6) is 0 Å². The first kappa shape index (κ1) is 17.8. The predicted molar refractivity (Wildman–Crippen MR) is 88.4 cm³/mol. The molecule has 7 heteroatoms. The number of benzene rings is 1. The van der Waals surface area contributed by atoms with E-state index < -0.39 is 17.2 Å². The summed E-state index contributed by atoms with van der Waals surface area (Å²) in [6.07, 6.45) is 1.35. The Morgan fingerprint density at radius 1 is 1.16 bits per heavy atom. The van der Waals surface area contributed by atoms with E-state index in [4.69, 9.17) is 5.26 Å². The summed E-state index contributed by atoms with van der Waals surface area (Å²) < 4.78 is 26.4. The summed E-state index contributed by atoms with van der Waals surface area (Å²) in [4.78, 5) is 18.8. The Hall–Kier alpha value is -2.04. The molecule has 1 aromatic carbocycles. The van der Waals surface area contributed by atoms with Crippen LogP contribution in [0.4, 0.5) is 8.78 Å². The molecule has 1 amide bonds. The van der Waals surface area contributed by atoms with Crippen LogP contribution >= 0.6 is 0 Å². The number of amides is 1. The number of nitrogens with zero attached hydrogens (tertiary/aromatic N) is 4. The number of hydrogen-bond donors (Lipinski definition) is 0. The molecule has 0 aliphatic carbocycles. The van der Waals surface area contributed by atoms with Crippen molar-refractivity contribution in [2.45, 2.75) is 24.9 Å². The lowest BCUT2D eigenvalue weighted by molar-refractivity contribution is -0.153. The van der Waals surface area contributed by atoms with Gasteiger partial charge in [-0.05, 0) is 37.6 Å². The first-order valence-electron chi connectivity index (χ1n) is 8.50. The van der Waals surface area contributed by atoms with Crippen LogP contribution in [-0.4, -0.2) is 65.9 Å². The van der Waals surface area contributed by atoms with Gasteiger partial charge in [0, 0.05) is 32.7 Å². The lowest BCUT2D eigenvalue weighted by Crippen LogP contribution is -2.67. The van der Waals surface area contributed by atoms with Gasteiger partial charge in [0.1, 0.15) is 12.1 Å². The fraction of sp³-hybridized carbons (Fsp3) is 0.556. The fourth-order valence-electron chi connectivity index (χ4n) is 3.85. The van der Waals surface area contributed by atoms with E-state index in [0.29, 0.717) is 39.0 Å². The zero-order valence-electron chi connectivity index (χ0n) is 14.3. The van der Waals surface area contributed by atoms with E-state index in [1.54, 1.807) is 11.0 Å². The number of halogens is 2. The maximum absolute atomic E-state index is 13.4. The van der Waals surface area contributed by atoms with E-state index in [9.17, 15) is 13.6 Å². The molecule has 1 aromatic rings. The number of carbonyl (C=O) groups is 1. The molecule has 2 aliphatic rings. The third kappa shape index (κ3) is 3.37. The largest absolute Gasteiger partial charge is 0.326 e. The number of piperazine rings is 1. The van der Waals surface area contributed by atoms with Crippen LogP contribution in [0.25, 0.3) is 0 Å². The number of likely N-dealkylation sites (N-methyl/N-ethyl adjacent to an activating group) is 1. The highest BCUT2D eigenvalue weighted by Gasteiger charge is 2.49. The highest BCUT2D eigenvalue weighted by atomic mass is 19.2. The van der Waals surface area contributed by atoms with Crippen molar-refractivity contribution < 1.29 is 13.6 Å². The molecule has 2 heterocycles. The minimum Gasteiger partial charge on any atom is -0.326 e. The molecule has 0 bridgehead atoms. The van der Waals surface area contributed by atoms with Gasteiger partial charge in [0.05, 0.1) is 6.07 Å². The predicted octanol–water partition coefficient (Wildman–Crippen LogP) is 1.60. The smallest absolute Gasteiger partial charge is 0.244 e. The molecular formula is C18H22F2N4O. The minimum atomic E-state index is -0.839. The van der Waals surface area contributed by atoms with Gasteiger partial charge < -0.3 is 4.90 Å². The monoisotopic (exact) mass is 348 g/mol. The average Bonchev–Trinajstić information content (AvgIpc) is 2.60. The van der Waals surface area contributed by atoms with Crippen molar-refractivity contribution in [3.05, 3.63) is 35.4 Å². The molecule has 0 aromatic heterocycles. The molecule has 1 spiro atoms. The van der Waals surface area contributed by atoms with Crippen molar-refractivity contribution >= 4 is 5.91 Å². The van der Waals surface area contributed by atoms with Gasteiger partial charge in [-0.25, -0.2) is 8.78 Å². The third-order valence-electron chi connectivity index (χ3n) is 5.46. The summed E-state index contributed by atoms with van der Waals surface area (Å²) in [7, 11) is 1.96. The van der Waals surface area contributed by atoms with Crippen molar-refractivity contribution in [2.75, 3.05) is 39.8 Å². The van der Waals surface area contributed by atoms with Gasteiger partial charge in [-0.2, -0.15) is 5.26 Å². The van der Waals surface area contributed by atoms with E-state index in [1.807, 2.05) is 7.05 Å². The Bertz CT molecular complexity index is 695. The summed E-state index contributed by atoms with van der Waals surface area (Å²) in [5.74, 6) is -1.64. The quantitative estimate of drug-likeness (QED) is 0.779. The third-order valence-corrected chi connectivity index (χ3v) is 5.46. The molecule has 25 heavy (non-hydrogen) atoms. The molecule has 2 saturated heterocycles. The van der Waals surface area contributed by atoms with Crippen LogP contribution in [0.1, 0.15) is 18.4 Å². The standard InChI is InChI=1S/C18H22F2N4O/c1-22-10-11-24(9-6-21)17(25)18(22)4-7-23(8-5-18)13-14-2-3-15(19)16(20)12-14/h2-3,12H,4-5,7-11,13H2,1H3. The van der Waals surface area contributed by atoms with Crippen molar-refractivity contribution in [3.63, 3.8) is 0 Å². The van der Waals surface area contributed by atoms with Gasteiger partial charge in [-0.15, -0.1) is 0 Å². The molecule has 0 atom stereocenters. The van der Waals surface area contributed by atoms with Crippen LogP contribution < -0.4 is 0 Å². The summed E-state index contributed by atoms with van der Waals surface area (Å²) in [5.41, 5.74) is 0.184. The zero-order valence-corrected chi connectivity index (χ0v) is 14.3. The van der Waals surface area contributed by atoms with E-state index in [1.165, 1.54) is 6.07 Å². The Morgan fingerprint density at radius 3 is 2.52 bits per heavy atom. The number of piperidine rings is 1. The minimum absolute atomic E-state index is 0.0373. The van der Waals surface area contributed by atoms with Gasteiger partial charge in [-0.1, -0.05) is 6.07 Å². The van der Waals surface area contributed by atoms with E-state index >= 15 is 0 Å². The van der Waals surface area contributed by atoms with Crippen molar-refractivity contribution in [1.29, 1.82) is 5.26 Å². The fourth-order valence-corrected chi connectivity index (χ4v) is 3.85.